The van der Waals surface area contributed by atoms with Crippen molar-refractivity contribution in [2.75, 3.05) is 5.73 Å². The third-order valence-electron chi connectivity index (χ3n) is 2.27. The zero-order chi connectivity index (χ0) is 12.3. The molecule has 0 atom stereocenters. The van der Waals surface area contributed by atoms with Gasteiger partial charge in [0.15, 0.2) is 0 Å². The number of aromatic nitrogens is 2. The van der Waals surface area contributed by atoms with Crippen molar-refractivity contribution in [3.8, 4) is 0 Å². The van der Waals surface area contributed by atoms with E-state index in [4.69, 9.17) is 5.73 Å². The number of hydrogen-bond donors (Lipinski definition) is 2. The monoisotopic (exact) mass is 248 g/mol. The molecule has 0 spiro atoms. The van der Waals surface area contributed by atoms with Crippen LogP contribution in [0, 0.1) is 6.92 Å². The van der Waals surface area contributed by atoms with Crippen molar-refractivity contribution in [1.82, 2.24) is 15.5 Å². The van der Waals surface area contributed by atoms with Crippen LogP contribution < -0.4 is 11.1 Å². The molecule has 1 heterocycles. The Labute approximate surface area is 103 Å². The van der Waals surface area contributed by atoms with E-state index in [-0.39, 0.29) is 5.91 Å². The number of anilines is 1. The molecule has 3 N–H and O–H groups in total. The second-order valence-corrected chi connectivity index (χ2v) is 4.63. The summed E-state index contributed by atoms with van der Waals surface area (Å²) in [6, 6.07) is 7.43. The number of carbonyl (C=O) groups is 1. The lowest BCUT2D eigenvalue weighted by Gasteiger charge is -2.05. The van der Waals surface area contributed by atoms with Gasteiger partial charge in [0.1, 0.15) is 5.01 Å². The van der Waals surface area contributed by atoms with Gasteiger partial charge in [-0.1, -0.05) is 29.5 Å². The number of nitrogen functional groups attached to an aromatic ring is 1. The first-order valence-electron chi connectivity index (χ1n) is 5.08. The van der Waals surface area contributed by atoms with E-state index < -0.39 is 0 Å². The van der Waals surface area contributed by atoms with E-state index in [0.717, 1.165) is 5.56 Å². The van der Waals surface area contributed by atoms with Gasteiger partial charge >= 0.3 is 0 Å². The zero-order valence-corrected chi connectivity index (χ0v) is 10.1. The second kappa shape index (κ2) is 4.92. The lowest BCUT2D eigenvalue weighted by molar-refractivity contribution is 0.0950. The Morgan fingerprint density at radius 1 is 1.41 bits per heavy atom. The van der Waals surface area contributed by atoms with Gasteiger partial charge in [0.05, 0.1) is 6.54 Å². The predicted octanol–water partition coefficient (Wildman–Crippen LogP) is 1.36. The number of hydrogen-bond acceptors (Lipinski definition) is 5. The van der Waals surface area contributed by atoms with Crippen molar-refractivity contribution < 1.29 is 4.79 Å². The highest BCUT2D eigenvalue weighted by atomic mass is 32.1. The molecule has 0 saturated heterocycles. The number of carbonyl (C=O) groups excluding carboxylic acids is 1. The summed E-state index contributed by atoms with van der Waals surface area (Å²) in [6.07, 6.45) is 0. The Hall–Kier alpha value is -1.95. The number of rotatable bonds is 3. The van der Waals surface area contributed by atoms with E-state index in [1.54, 1.807) is 6.07 Å². The maximum Gasteiger partial charge on any atom is 0.251 e. The SMILES string of the molecule is Cc1ccccc1C(=O)NCc1nnc(N)s1. The van der Waals surface area contributed by atoms with Gasteiger partial charge < -0.3 is 11.1 Å². The number of nitrogens with zero attached hydrogens (tertiary/aromatic N) is 2. The maximum absolute atomic E-state index is 11.9. The number of nitrogens with one attached hydrogen (secondary N) is 1. The molecule has 88 valence electrons. The summed E-state index contributed by atoms with van der Waals surface area (Å²) in [5, 5.41) is 11.4. The quantitative estimate of drug-likeness (QED) is 0.859. The van der Waals surface area contributed by atoms with Crippen molar-refractivity contribution in [2.24, 2.45) is 0 Å². The van der Waals surface area contributed by atoms with Gasteiger partial charge in [0.25, 0.3) is 5.91 Å². The number of amides is 1. The molecule has 2 aromatic rings. The van der Waals surface area contributed by atoms with Crippen LogP contribution in [0.15, 0.2) is 24.3 Å². The molecular weight excluding hydrogens is 236 g/mol. The van der Waals surface area contributed by atoms with E-state index >= 15 is 0 Å². The lowest BCUT2D eigenvalue weighted by atomic mass is 10.1. The van der Waals surface area contributed by atoms with Gasteiger partial charge in [0, 0.05) is 5.56 Å². The highest BCUT2D eigenvalue weighted by molar-refractivity contribution is 7.15. The van der Waals surface area contributed by atoms with Crippen LogP contribution in [0.4, 0.5) is 5.13 Å². The van der Waals surface area contributed by atoms with Crippen LogP contribution in [-0.2, 0) is 6.54 Å². The van der Waals surface area contributed by atoms with Gasteiger partial charge in [-0.05, 0) is 18.6 Å². The van der Waals surface area contributed by atoms with Gasteiger partial charge in [-0.15, -0.1) is 10.2 Å². The van der Waals surface area contributed by atoms with Crippen LogP contribution in [0.25, 0.3) is 0 Å². The third-order valence-corrected chi connectivity index (χ3v) is 3.02. The predicted molar refractivity (Wildman–Crippen MR) is 66.7 cm³/mol. The largest absolute Gasteiger partial charge is 0.374 e. The lowest BCUT2D eigenvalue weighted by Crippen LogP contribution is -2.23. The molecule has 0 aliphatic heterocycles. The van der Waals surface area contributed by atoms with Crippen LogP contribution in [-0.4, -0.2) is 16.1 Å². The minimum absolute atomic E-state index is 0.114. The topological polar surface area (TPSA) is 80.9 Å². The summed E-state index contributed by atoms with van der Waals surface area (Å²) in [7, 11) is 0. The van der Waals surface area contributed by atoms with Crippen LogP contribution in [0.1, 0.15) is 20.9 Å². The summed E-state index contributed by atoms with van der Waals surface area (Å²) in [5.74, 6) is -0.114. The van der Waals surface area contributed by atoms with E-state index in [1.165, 1.54) is 11.3 Å². The van der Waals surface area contributed by atoms with Crippen molar-refractivity contribution in [3.63, 3.8) is 0 Å². The molecule has 0 unspecified atom stereocenters. The second-order valence-electron chi connectivity index (χ2n) is 3.53. The van der Waals surface area contributed by atoms with Crippen molar-refractivity contribution in [1.29, 1.82) is 0 Å². The summed E-state index contributed by atoms with van der Waals surface area (Å²) >= 11 is 1.27. The molecule has 2 rings (SSSR count). The fraction of sp³-hybridized carbons (Fsp3) is 0.182. The minimum Gasteiger partial charge on any atom is -0.374 e. The zero-order valence-electron chi connectivity index (χ0n) is 9.30. The average Bonchev–Trinajstić information content (AvgIpc) is 2.73. The Morgan fingerprint density at radius 3 is 2.82 bits per heavy atom. The van der Waals surface area contributed by atoms with Gasteiger partial charge in [-0.2, -0.15) is 0 Å². The van der Waals surface area contributed by atoms with Crippen molar-refractivity contribution in [3.05, 3.63) is 40.4 Å². The van der Waals surface area contributed by atoms with E-state index in [9.17, 15) is 4.79 Å². The highest BCUT2D eigenvalue weighted by Gasteiger charge is 2.08. The van der Waals surface area contributed by atoms with E-state index in [1.807, 2.05) is 25.1 Å². The average molecular weight is 248 g/mol. The Kier molecular flexibility index (Phi) is 3.34. The molecule has 17 heavy (non-hydrogen) atoms. The summed E-state index contributed by atoms with van der Waals surface area (Å²) in [6.45, 7) is 2.25. The number of benzene rings is 1. The molecule has 0 bridgehead atoms. The first-order valence-corrected chi connectivity index (χ1v) is 5.90. The van der Waals surface area contributed by atoms with Gasteiger partial charge in [-0.3, -0.25) is 4.79 Å². The number of aryl methyl sites for hydroxylation is 1. The molecule has 0 aliphatic carbocycles. The Bertz CT molecular complexity index is 538. The molecular formula is C11H12N4OS. The molecule has 0 saturated carbocycles. The molecule has 0 aliphatic rings. The van der Waals surface area contributed by atoms with Crippen LogP contribution in [0.2, 0.25) is 0 Å². The van der Waals surface area contributed by atoms with Crippen LogP contribution in [0.5, 0.6) is 0 Å². The smallest absolute Gasteiger partial charge is 0.251 e. The molecule has 1 aromatic heterocycles. The third kappa shape index (κ3) is 2.79. The summed E-state index contributed by atoms with van der Waals surface area (Å²) in [5.41, 5.74) is 7.07. The molecule has 0 fully saturated rings. The fourth-order valence-corrected chi connectivity index (χ4v) is 1.97. The molecule has 1 amide bonds. The molecule has 5 nitrogen and oxygen atoms in total. The summed E-state index contributed by atoms with van der Waals surface area (Å²) < 4.78 is 0. The van der Waals surface area contributed by atoms with Gasteiger partial charge in [0.2, 0.25) is 5.13 Å². The Balaban J connectivity index is 2.01. The van der Waals surface area contributed by atoms with Crippen LogP contribution in [0.3, 0.4) is 0 Å². The highest BCUT2D eigenvalue weighted by Crippen LogP contribution is 2.11. The maximum atomic E-state index is 11.9. The molecule has 0 radical (unpaired) electrons. The first kappa shape index (κ1) is 11.5. The molecule has 6 heteroatoms. The minimum atomic E-state index is -0.114. The van der Waals surface area contributed by atoms with Crippen molar-refractivity contribution in [2.45, 2.75) is 13.5 Å². The fourth-order valence-electron chi connectivity index (χ4n) is 1.42. The number of nitrogens with two attached hydrogens (primary N) is 1. The molecule has 1 aromatic carbocycles. The first-order chi connectivity index (χ1) is 8.16. The van der Waals surface area contributed by atoms with E-state index in [0.29, 0.717) is 22.2 Å². The Morgan fingerprint density at radius 2 is 2.18 bits per heavy atom. The summed E-state index contributed by atoms with van der Waals surface area (Å²) in [4.78, 5) is 11.9. The van der Waals surface area contributed by atoms with Gasteiger partial charge in [-0.25, -0.2) is 0 Å². The normalized spacial score (nSPS) is 10.2. The standard InChI is InChI=1S/C11H12N4OS/c1-7-4-2-3-5-8(7)10(16)13-6-9-14-15-11(12)17-9/h2-5H,6H2,1H3,(H2,12,15)(H,13,16). The van der Waals surface area contributed by atoms with E-state index in [2.05, 4.69) is 15.5 Å². The van der Waals surface area contributed by atoms with Crippen LogP contribution >= 0.6 is 11.3 Å². The van der Waals surface area contributed by atoms with Crippen molar-refractivity contribution >= 4 is 22.4 Å².